The van der Waals surface area contributed by atoms with Crippen molar-refractivity contribution < 1.29 is 4.74 Å². The van der Waals surface area contributed by atoms with Crippen LogP contribution in [0.15, 0.2) is 30.3 Å². The molecular formula is C19H22N6O. The number of aromatic nitrogens is 4. The maximum atomic E-state index is 5.86. The summed E-state index contributed by atoms with van der Waals surface area (Å²) in [6, 6.07) is 9.93. The molecule has 4 rings (SSSR count). The average Bonchev–Trinajstić information content (AvgIpc) is 3.06. The molecule has 0 spiro atoms. The van der Waals surface area contributed by atoms with Crippen LogP contribution in [0.2, 0.25) is 0 Å². The Bertz CT molecular complexity index is 903. The Kier molecular flexibility index (Phi) is 4.53. The summed E-state index contributed by atoms with van der Waals surface area (Å²) in [5.74, 6) is 3.02. The number of aromatic amines is 1. The van der Waals surface area contributed by atoms with Crippen LogP contribution in [0.4, 0.5) is 11.6 Å². The maximum absolute atomic E-state index is 5.86. The van der Waals surface area contributed by atoms with Crippen molar-refractivity contribution in [3.05, 3.63) is 58.7 Å². The number of nitrogens with one attached hydrogen (secondary N) is 3. The van der Waals surface area contributed by atoms with Gasteiger partial charge in [-0.1, -0.05) is 17.7 Å². The van der Waals surface area contributed by atoms with E-state index in [4.69, 9.17) is 9.72 Å². The van der Waals surface area contributed by atoms with Crippen molar-refractivity contribution in [2.75, 3.05) is 11.9 Å². The van der Waals surface area contributed by atoms with E-state index in [2.05, 4.69) is 32.7 Å². The quantitative estimate of drug-likeness (QED) is 0.656. The SMILES string of the molecule is Cc1ccc(OCc2nc3c(c(Nc4cc(C)[nH]n4)n2)CNCC3)cc1. The highest BCUT2D eigenvalue weighted by molar-refractivity contribution is 5.57. The molecule has 0 unspecified atom stereocenters. The monoisotopic (exact) mass is 350 g/mol. The first-order valence-corrected chi connectivity index (χ1v) is 8.75. The van der Waals surface area contributed by atoms with Gasteiger partial charge in [-0.3, -0.25) is 5.10 Å². The second-order valence-electron chi connectivity index (χ2n) is 6.50. The van der Waals surface area contributed by atoms with Crippen LogP contribution >= 0.6 is 0 Å². The van der Waals surface area contributed by atoms with E-state index >= 15 is 0 Å². The third-order valence-electron chi connectivity index (χ3n) is 4.32. The van der Waals surface area contributed by atoms with Gasteiger partial charge in [0.25, 0.3) is 0 Å². The number of ether oxygens (including phenoxy) is 1. The molecule has 0 atom stereocenters. The third kappa shape index (κ3) is 3.67. The predicted molar refractivity (Wildman–Crippen MR) is 99.6 cm³/mol. The fourth-order valence-corrected chi connectivity index (χ4v) is 2.95. The number of hydrogen-bond donors (Lipinski definition) is 3. The first-order chi connectivity index (χ1) is 12.7. The maximum Gasteiger partial charge on any atom is 0.168 e. The molecule has 7 heteroatoms. The molecule has 1 aromatic carbocycles. The van der Waals surface area contributed by atoms with E-state index in [1.807, 2.05) is 37.3 Å². The molecule has 3 heterocycles. The zero-order chi connectivity index (χ0) is 17.9. The first-order valence-electron chi connectivity index (χ1n) is 8.75. The summed E-state index contributed by atoms with van der Waals surface area (Å²) in [6.07, 6.45) is 0.879. The summed E-state index contributed by atoms with van der Waals surface area (Å²) in [6.45, 7) is 6.02. The highest BCUT2D eigenvalue weighted by Gasteiger charge is 2.18. The normalized spacial score (nSPS) is 13.3. The smallest absolute Gasteiger partial charge is 0.168 e. The average molecular weight is 350 g/mol. The van der Waals surface area contributed by atoms with E-state index in [1.165, 1.54) is 5.56 Å². The van der Waals surface area contributed by atoms with Gasteiger partial charge in [0.2, 0.25) is 0 Å². The molecule has 0 saturated carbocycles. The van der Waals surface area contributed by atoms with E-state index in [9.17, 15) is 0 Å². The molecule has 7 nitrogen and oxygen atoms in total. The summed E-state index contributed by atoms with van der Waals surface area (Å²) < 4.78 is 5.86. The van der Waals surface area contributed by atoms with E-state index in [1.54, 1.807) is 0 Å². The minimum absolute atomic E-state index is 0.331. The van der Waals surface area contributed by atoms with Gasteiger partial charge in [-0.05, 0) is 26.0 Å². The summed E-state index contributed by atoms with van der Waals surface area (Å²) in [5, 5.41) is 13.9. The molecule has 0 aliphatic carbocycles. The molecule has 1 aliphatic heterocycles. The molecule has 0 fully saturated rings. The van der Waals surface area contributed by atoms with Gasteiger partial charge in [0, 0.05) is 36.8 Å². The lowest BCUT2D eigenvalue weighted by Crippen LogP contribution is -2.27. The Balaban J connectivity index is 1.58. The van der Waals surface area contributed by atoms with Crippen molar-refractivity contribution >= 4 is 11.6 Å². The second kappa shape index (κ2) is 7.13. The van der Waals surface area contributed by atoms with E-state index in [-0.39, 0.29) is 0 Å². The molecular weight excluding hydrogens is 328 g/mol. The fourth-order valence-electron chi connectivity index (χ4n) is 2.95. The minimum atomic E-state index is 0.331. The van der Waals surface area contributed by atoms with E-state index < -0.39 is 0 Å². The molecule has 2 aromatic heterocycles. The highest BCUT2D eigenvalue weighted by Crippen LogP contribution is 2.24. The number of fused-ring (bicyclic) bond motifs is 1. The van der Waals surface area contributed by atoms with Crippen molar-refractivity contribution in [2.24, 2.45) is 0 Å². The number of anilines is 2. The van der Waals surface area contributed by atoms with Crippen molar-refractivity contribution in [3.8, 4) is 5.75 Å². The zero-order valence-electron chi connectivity index (χ0n) is 15.0. The Labute approximate surface area is 152 Å². The fraction of sp³-hybridized carbons (Fsp3) is 0.316. The molecule has 0 amide bonds. The van der Waals surface area contributed by atoms with Crippen LogP contribution in [0, 0.1) is 13.8 Å². The lowest BCUT2D eigenvalue weighted by molar-refractivity contribution is 0.295. The Morgan fingerprint density at radius 1 is 1.15 bits per heavy atom. The van der Waals surface area contributed by atoms with E-state index in [0.717, 1.165) is 53.8 Å². The molecule has 134 valence electrons. The third-order valence-corrected chi connectivity index (χ3v) is 4.32. The summed E-state index contributed by atoms with van der Waals surface area (Å²) in [7, 11) is 0. The standard InChI is InChI=1S/C19H22N6O/c1-12-3-5-14(6-4-12)26-11-18-21-16-7-8-20-10-15(16)19(23-18)22-17-9-13(2)24-25-17/h3-6,9,20H,7-8,10-11H2,1-2H3,(H2,21,22,23,24,25). The number of hydrogen-bond acceptors (Lipinski definition) is 6. The molecule has 26 heavy (non-hydrogen) atoms. The van der Waals surface area contributed by atoms with Gasteiger partial charge >= 0.3 is 0 Å². The van der Waals surface area contributed by atoms with Gasteiger partial charge in [-0.25, -0.2) is 9.97 Å². The topological polar surface area (TPSA) is 87.8 Å². The molecule has 0 bridgehead atoms. The molecule has 3 aromatic rings. The number of aryl methyl sites for hydroxylation is 2. The zero-order valence-corrected chi connectivity index (χ0v) is 15.0. The van der Waals surface area contributed by atoms with E-state index in [0.29, 0.717) is 12.4 Å². The lowest BCUT2D eigenvalue weighted by atomic mass is 10.1. The van der Waals surface area contributed by atoms with Gasteiger partial charge in [0.05, 0.1) is 5.69 Å². The van der Waals surface area contributed by atoms with Crippen LogP contribution in [0.1, 0.15) is 28.3 Å². The van der Waals surface area contributed by atoms with Crippen molar-refractivity contribution in [3.63, 3.8) is 0 Å². The summed E-state index contributed by atoms with van der Waals surface area (Å²) in [4.78, 5) is 9.39. The first kappa shape index (κ1) is 16.5. The van der Waals surface area contributed by atoms with Gasteiger partial charge < -0.3 is 15.4 Å². The van der Waals surface area contributed by atoms with Gasteiger partial charge in [0.15, 0.2) is 11.6 Å². The minimum Gasteiger partial charge on any atom is -0.486 e. The molecule has 0 saturated heterocycles. The number of benzene rings is 1. The second-order valence-corrected chi connectivity index (χ2v) is 6.50. The molecule has 3 N–H and O–H groups in total. The Morgan fingerprint density at radius 3 is 2.77 bits per heavy atom. The number of rotatable bonds is 5. The lowest BCUT2D eigenvalue weighted by Gasteiger charge is -2.20. The van der Waals surface area contributed by atoms with Gasteiger partial charge in [-0.2, -0.15) is 5.10 Å². The summed E-state index contributed by atoms with van der Waals surface area (Å²) >= 11 is 0. The van der Waals surface area contributed by atoms with Gasteiger partial charge in [-0.15, -0.1) is 0 Å². The highest BCUT2D eigenvalue weighted by atomic mass is 16.5. The Hall–Kier alpha value is -2.93. The van der Waals surface area contributed by atoms with Gasteiger partial charge in [0.1, 0.15) is 18.2 Å². The van der Waals surface area contributed by atoms with Crippen LogP contribution in [0.3, 0.4) is 0 Å². The van der Waals surface area contributed by atoms with Crippen LogP contribution in [-0.2, 0) is 19.6 Å². The number of nitrogens with zero attached hydrogens (tertiary/aromatic N) is 3. The van der Waals surface area contributed by atoms with Crippen molar-refractivity contribution in [1.82, 2.24) is 25.5 Å². The van der Waals surface area contributed by atoms with Crippen LogP contribution in [0.5, 0.6) is 5.75 Å². The Morgan fingerprint density at radius 2 is 2.00 bits per heavy atom. The van der Waals surface area contributed by atoms with Crippen molar-refractivity contribution in [2.45, 2.75) is 33.4 Å². The summed E-state index contributed by atoms with van der Waals surface area (Å²) in [5.41, 5.74) is 4.36. The largest absolute Gasteiger partial charge is 0.486 e. The van der Waals surface area contributed by atoms with Crippen LogP contribution < -0.4 is 15.4 Å². The predicted octanol–water partition coefficient (Wildman–Crippen LogP) is 2.78. The molecule has 1 aliphatic rings. The molecule has 0 radical (unpaired) electrons. The van der Waals surface area contributed by atoms with Crippen LogP contribution in [-0.4, -0.2) is 26.7 Å². The number of H-pyrrole nitrogens is 1. The van der Waals surface area contributed by atoms with Crippen molar-refractivity contribution in [1.29, 1.82) is 0 Å². The van der Waals surface area contributed by atoms with Crippen LogP contribution in [0.25, 0.3) is 0 Å².